The van der Waals surface area contributed by atoms with Gasteiger partial charge in [0.25, 0.3) is 0 Å². The maximum absolute atomic E-state index is 5.69. The molecule has 0 aromatic carbocycles. The molecule has 0 radical (unpaired) electrons. The third kappa shape index (κ3) is 15.7. The van der Waals surface area contributed by atoms with E-state index in [-0.39, 0.29) is 6.17 Å². The second-order valence-electron chi connectivity index (χ2n) is 6.28. The fraction of sp³-hybridized carbons (Fsp3) is 0.889. The molecule has 2 heteroatoms. The van der Waals surface area contributed by atoms with Crippen molar-refractivity contribution in [2.45, 2.75) is 91.1 Å². The number of rotatable bonds is 14. The Morgan fingerprint density at radius 2 is 1.45 bits per heavy atom. The molecule has 0 aliphatic heterocycles. The summed E-state index contributed by atoms with van der Waals surface area (Å²) in [5, 5.41) is 3.31. The first-order valence-corrected chi connectivity index (χ1v) is 8.77. The molecule has 3 N–H and O–H groups in total. The lowest BCUT2D eigenvalue weighted by molar-refractivity contribution is 0.426. The van der Waals surface area contributed by atoms with Crippen molar-refractivity contribution < 1.29 is 0 Å². The molecule has 0 saturated heterocycles. The Labute approximate surface area is 127 Å². The van der Waals surface area contributed by atoms with Crippen LogP contribution < -0.4 is 11.1 Å². The Morgan fingerprint density at radius 3 is 2.00 bits per heavy atom. The van der Waals surface area contributed by atoms with E-state index in [9.17, 15) is 0 Å². The van der Waals surface area contributed by atoms with Crippen LogP contribution in [0, 0.1) is 5.92 Å². The van der Waals surface area contributed by atoms with Crippen molar-refractivity contribution in [3.05, 3.63) is 12.2 Å². The molecule has 0 saturated carbocycles. The molecule has 0 aliphatic rings. The summed E-state index contributed by atoms with van der Waals surface area (Å²) in [7, 11) is 0. The van der Waals surface area contributed by atoms with Crippen molar-refractivity contribution in [1.82, 2.24) is 5.32 Å². The summed E-state index contributed by atoms with van der Waals surface area (Å²) < 4.78 is 0. The Bertz CT molecular complexity index is 211. The first-order valence-electron chi connectivity index (χ1n) is 8.77. The SMILES string of the molecule is C/C=C\CCCCCCCCCCC(C)CNC(C)N. The minimum atomic E-state index is 0.130. The molecule has 20 heavy (non-hydrogen) atoms. The van der Waals surface area contributed by atoms with Gasteiger partial charge < -0.3 is 11.1 Å². The van der Waals surface area contributed by atoms with E-state index in [1.165, 1.54) is 64.2 Å². The van der Waals surface area contributed by atoms with Gasteiger partial charge in [-0.05, 0) is 45.6 Å². The van der Waals surface area contributed by atoms with Crippen LogP contribution in [0.2, 0.25) is 0 Å². The topological polar surface area (TPSA) is 38.0 Å². The van der Waals surface area contributed by atoms with E-state index in [0.717, 1.165) is 12.5 Å². The molecule has 0 amide bonds. The number of hydrogen-bond acceptors (Lipinski definition) is 2. The number of unbranched alkanes of at least 4 members (excludes halogenated alkanes) is 8. The molecule has 0 aromatic rings. The van der Waals surface area contributed by atoms with Gasteiger partial charge in [-0.25, -0.2) is 0 Å². The second-order valence-corrected chi connectivity index (χ2v) is 6.28. The summed E-state index contributed by atoms with van der Waals surface area (Å²) in [5.41, 5.74) is 5.69. The third-order valence-corrected chi connectivity index (χ3v) is 3.84. The van der Waals surface area contributed by atoms with Gasteiger partial charge in [-0.3, -0.25) is 0 Å². The Hall–Kier alpha value is -0.340. The lowest BCUT2D eigenvalue weighted by Gasteiger charge is -2.14. The zero-order valence-corrected chi connectivity index (χ0v) is 14.2. The summed E-state index contributed by atoms with van der Waals surface area (Å²) in [6, 6.07) is 0. The fourth-order valence-corrected chi connectivity index (χ4v) is 2.47. The number of nitrogens with one attached hydrogen (secondary N) is 1. The van der Waals surface area contributed by atoms with Gasteiger partial charge in [0.2, 0.25) is 0 Å². The van der Waals surface area contributed by atoms with E-state index in [2.05, 4.69) is 31.3 Å². The van der Waals surface area contributed by atoms with Crippen molar-refractivity contribution in [1.29, 1.82) is 0 Å². The van der Waals surface area contributed by atoms with Crippen molar-refractivity contribution in [2.75, 3.05) is 6.54 Å². The Balaban J connectivity index is 3.12. The van der Waals surface area contributed by atoms with Gasteiger partial charge in [0, 0.05) is 0 Å². The highest BCUT2D eigenvalue weighted by atomic mass is 15.0. The Morgan fingerprint density at radius 1 is 0.900 bits per heavy atom. The van der Waals surface area contributed by atoms with Crippen LogP contribution in [-0.2, 0) is 0 Å². The quantitative estimate of drug-likeness (QED) is 0.267. The molecular weight excluding hydrogens is 244 g/mol. The highest BCUT2D eigenvalue weighted by molar-refractivity contribution is 4.76. The predicted molar refractivity (Wildman–Crippen MR) is 91.8 cm³/mol. The molecular formula is C18H38N2. The van der Waals surface area contributed by atoms with Gasteiger partial charge in [-0.15, -0.1) is 0 Å². The van der Waals surface area contributed by atoms with Gasteiger partial charge in [0.15, 0.2) is 0 Å². The summed E-state index contributed by atoms with van der Waals surface area (Å²) in [4.78, 5) is 0. The maximum Gasteiger partial charge on any atom is 0.0517 e. The smallest absolute Gasteiger partial charge is 0.0517 e. The van der Waals surface area contributed by atoms with E-state index >= 15 is 0 Å². The van der Waals surface area contributed by atoms with Crippen LogP contribution >= 0.6 is 0 Å². The average molecular weight is 283 g/mol. The Kier molecular flexibility index (Phi) is 14.8. The molecule has 2 nitrogen and oxygen atoms in total. The van der Waals surface area contributed by atoms with Crippen molar-refractivity contribution in [2.24, 2.45) is 11.7 Å². The lowest BCUT2D eigenvalue weighted by Crippen LogP contribution is -2.36. The van der Waals surface area contributed by atoms with E-state index < -0.39 is 0 Å². The van der Waals surface area contributed by atoms with Crippen LogP contribution in [0.1, 0.15) is 85.0 Å². The second kappa shape index (κ2) is 15.1. The zero-order chi connectivity index (χ0) is 15.1. The van der Waals surface area contributed by atoms with E-state index in [1.54, 1.807) is 0 Å². The largest absolute Gasteiger partial charge is 0.316 e. The third-order valence-electron chi connectivity index (χ3n) is 3.84. The van der Waals surface area contributed by atoms with Crippen LogP contribution in [0.4, 0.5) is 0 Å². The minimum absolute atomic E-state index is 0.130. The molecule has 0 aromatic heterocycles. The minimum Gasteiger partial charge on any atom is -0.316 e. The molecule has 0 aliphatic carbocycles. The molecule has 0 fully saturated rings. The van der Waals surface area contributed by atoms with Crippen molar-refractivity contribution in [3.63, 3.8) is 0 Å². The summed E-state index contributed by atoms with van der Waals surface area (Å²) in [6.07, 6.45) is 18.4. The zero-order valence-electron chi connectivity index (χ0n) is 14.2. The lowest BCUT2D eigenvalue weighted by atomic mass is 10.0. The summed E-state index contributed by atoms with van der Waals surface area (Å²) >= 11 is 0. The monoisotopic (exact) mass is 282 g/mol. The molecule has 0 heterocycles. The van der Waals surface area contributed by atoms with E-state index in [4.69, 9.17) is 5.73 Å². The van der Waals surface area contributed by atoms with Crippen LogP contribution in [0.5, 0.6) is 0 Å². The molecule has 0 bridgehead atoms. The highest BCUT2D eigenvalue weighted by Crippen LogP contribution is 2.13. The van der Waals surface area contributed by atoms with E-state index in [1.807, 2.05) is 6.92 Å². The van der Waals surface area contributed by atoms with Crippen molar-refractivity contribution >= 4 is 0 Å². The van der Waals surface area contributed by atoms with E-state index in [0.29, 0.717) is 0 Å². The van der Waals surface area contributed by atoms with Gasteiger partial charge in [-0.1, -0.05) is 64.0 Å². The van der Waals surface area contributed by atoms with Gasteiger partial charge in [-0.2, -0.15) is 0 Å². The summed E-state index contributed by atoms with van der Waals surface area (Å²) in [6.45, 7) is 7.49. The fourth-order valence-electron chi connectivity index (χ4n) is 2.47. The van der Waals surface area contributed by atoms with Crippen molar-refractivity contribution in [3.8, 4) is 0 Å². The van der Waals surface area contributed by atoms with Gasteiger partial charge in [0.1, 0.15) is 0 Å². The normalized spacial score (nSPS) is 14.8. The molecule has 0 spiro atoms. The van der Waals surface area contributed by atoms with Gasteiger partial charge >= 0.3 is 0 Å². The maximum atomic E-state index is 5.69. The van der Waals surface area contributed by atoms with Gasteiger partial charge in [0.05, 0.1) is 6.17 Å². The number of hydrogen-bond donors (Lipinski definition) is 2. The average Bonchev–Trinajstić information content (AvgIpc) is 2.42. The predicted octanol–water partition coefficient (Wildman–Crippen LogP) is 4.99. The first kappa shape index (κ1) is 19.7. The first-order chi connectivity index (χ1) is 9.66. The molecule has 120 valence electrons. The highest BCUT2D eigenvalue weighted by Gasteiger charge is 2.02. The standard InChI is InChI=1S/C18H38N2/c1-4-5-6-7-8-9-10-11-12-13-14-15-17(2)16-20-18(3)19/h4-5,17-18,20H,6-16,19H2,1-3H3/b5-4-. The summed E-state index contributed by atoms with van der Waals surface area (Å²) in [5.74, 6) is 0.757. The van der Waals surface area contributed by atoms with Crippen LogP contribution in [0.3, 0.4) is 0 Å². The van der Waals surface area contributed by atoms with Crippen LogP contribution in [0.25, 0.3) is 0 Å². The number of nitrogens with two attached hydrogens (primary N) is 1. The number of allylic oxidation sites excluding steroid dienone is 2. The van der Waals surface area contributed by atoms with Crippen LogP contribution in [0.15, 0.2) is 12.2 Å². The van der Waals surface area contributed by atoms with Crippen LogP contribution in [-0.4, -0.2) is 12.7 Å². The molecule has 2 atom stereocenters. The molecule has 0 rings (SSSR count). The molecule has 2 unspecified atom stereocenters.